The van der Waals surface area contributed by atoms with Crippen molar-refractivity contribution in [1.82, 2.24) is 0 Å². The minimum atomic E-state index is -4.42. The van der Waals surface area contributed by atoms with E-state index in [2.05, 4.69) is 0 Å². The molecule has 0 spiro atoms. The van der Waals surface area contributed by atoms with Gasteiger partial charge in [0.15, 0.2) is 17.5 Å². The molecule has 0 unspecified atom stereocenters. The number of hydrogen-bond donors (Lipinski definition) is 3. The maximum atomic E-state index is 12.6. The summed E-state index contributed by atoms with van der Waals surface area (Å²) in [4.78, 5) is 25.9. The predicted octanol–water partition coefficient (Wildman–Crippen LogP) is 0.101. The molecule has 0 aliphatic rings. The van der Waals surface area contributed by atoms with Crippen LogP contribution in [0.2, 0.25) is 0 Å². The van der Waals surface area contributed by atoms with Gasteiger partial charge in [-0.3, -0.25) is 0 Å². The molecule has 0 aliphatic heterocycles. The van der Waals surface area contributed by atoms with Crippen molar-refractivity contribution in [2.24, 2.45) is 0 Å². The van der Waals surface area contributed by atoms with Gasteiger partial charge in [-0.05, 0) is 17.7 Å². The first-order valence-corrected chi connectivity index (χ1v) is 5.65. The topological polar surface area (TPSA) is 60.7 Å². The normalized spacial score (nSPS) is 11.9. The molecule has 3 nitrogen and oxygen atoms in total. The van der Waals surface area contributed by atoms with Crippen molar-refractivity contribution < 1.29 is 27.6 Å². The van der Waals surface area contributed by atoms with Crippen LogP contribution in [-0.4, -0.2) is 23.2 Å². The van der Waals surface area contributed by atoms with Crippen LogP contribution in [0.25, 0.3) is 0 Å². The molecule has 0 bridgehead atoms. The van der Waals surface area contributed by atoms with E-state index in [9.17, 15) is 13.2 Å². The first-order chi connectivity index (χ1) is 6.29. The van der Waals surface area contributed by atoms with E-state index in [1.54, 1.807) is 0 Å². The summed E-state index contributed by atoms with van der Waals surface area (Å²) in [6, 6.07) is 0.521. The third-order valence-corrected chi connectivity index (χ3v) is 2.37. The summed E-state index contributed by atoms with van der Waals surface area (Å²) in [7, 11) is -4.42. The zero-order chi connectivity index (χ0) is 10.9. The minimum Gasteiger partial charge on any atom is -0.390 e. The fourth-order valence-corrected chi connectivity index (χ4v) is 1.74. The molecule has 0 saturated heterocycles. The second kappa shape index (κ2) is 3.69. The molecular weight excluding hydrogens is 217 g/mol. The Bertz CT molecular complexity index is 328. The molecule has 78 valence electrons. The van der Waals surface area contributed by atoms with Crippen molar-refractivity contribution in [1.29, 1.82) is 0 Å². The van der Waals surface area contributed by atoms with E-state index >= 15 is 0 Å². The van der Waals surface area contributed by atoms with Crippen LogP contribution in [-0.2, 0) is 6.04 Å². The number of benzene rings is 1. The fourth-order valence-electron chi connectivity index (χ4n) is 0.984. The van der Waals surface area contributed by atoms with E-state index in [1.165, 1.54) is 0 Å². The lowest BCUT2D eigenvalue weighted by atomic mass is 10.2. The van der Waals surface area contributed by atoms with Gasteiger partial charge >= 0.3 is 8.80 Å². The quantitative estimate of drug-likeness (QED) is 0.493. The van der Waals surface area contributed by atoms with E-state index in [1.807, 2.05) is 0 Å². The van der Waals surface area contributed by atoms with Crippen molar-refractivity contribution >= 4 is 8.80 Å². The molecule has 0 radical (unpaired) electrons. The maximum Gasteiger partial charge on any atom is 0.497 e. The van der Waals surface area contributed by atoms with Gasteiger partial charge in [0.25, 0.3) is 0 Å². The first-order valence-electron chi connectivity index (χ1n) is 3.60. The van der Waals surface area contributed by atoms with Gasteiger partial charge in [0.2, 0.25) is 0 Å². The highest BCUT2D eigenvalue weighted by atomic mass is 28.4. The summed E-state index contributed by atoms with van der Waals surface area (Å²) >= 11 is 0. The highest BCUT2D eigenvalue weighted by Gasteiger charge is 2.28. The molecule has 1 aromatic rings. The van der Waals surface area contributed by atoms with Gasteiger partial charge in [-0.2, -0.15) is 0 Å². The number of rotatable bonds is 2. The van der Waals surface area contributed by atoms with E-state index in [0.717, 1.165) is 0 Å². The summed E-state index contributed by atoms with van der Waals surface area (Å²) in [6.45, 7) is 0. The highest BCUT2D eigenvalue weighted by molar-refractivity contribution is 6.55. The van der Waals surface area contributed by atoms with Crippen molar-refractivity contribution in [3.8, 4) is 0 Å². The first kappa shape index (κ1) is 11.2. The third kappa shape index (κ3) is 2.81. The molecule has 3 N–H and O–H groups in total. The van der Waals surface area contributed by atoms with Gasteiger partial charge < -0.3 is 14.4 Å². The molecular formula is C7H7F3O3Si. The average molecular weight is 224 g/mol. The van der Waals surface area contributed by atoms with Crippen molar-refractivity contribution in [3.05, 3.63) is 35.1 Å². The van der Waals surface area contributed by atoms with Crippen LogP contribution >= 0.6 is 0 Å². The Hall–Kier alpha value is -0.893. The number of halogens is 3. The van der Waals surface area contributed by atoms with Gasteiger partial charge in [0, 0.05) is 6.04 Å². The lowest BCUT2D eigenvalue weighted by molar-refractivity contribution is 0.227. The fraction of sp³-hybridized carbons (Fsp3) is 0.143. The maximum absolute atomic E-state index is 12.6. The minimum absolute atomic E-state index is 0.208. The Morgan fingerprint density at radius 1 is 1.00 bits per heavy atom. The molecule has 0 amide bonds. The van der Waals surface area contributed by atoms with Gasteiger partial charge in [0.1, 0.15) is 0 Å². The van der Waals surface area contributed by atoms with Crippen LogP contribution in [0.15, 0.2) is 12.1 Å². The van der Waals surface area contributed by atoms with E-state index in [4.69, 9.17) is 14.4 Å². The van der Waals surface area contributed by atoms with Crippen molar-refractivity contribution in [2.45, 2.75) is 6.04 Å². The van der Waals surface area contributed by atoms with Gasteiger partial charge in [0.05, 0.1) is 0 Å². The Kier molecular flexibility index (Phi) is 2.95. The summed E-state index contributed by atoms with van der Waals surface area (Å²) < 4.78 is 37.6. The van der Waals surface area contributed by atoms with Crippen LogP contribution in [0, 0.1) is 17.5 Å². The Morgan fingerprint density at radius 3 is 1.79 bits per heavy atom. The lowest BCUT2D eigenvalue weighted by Crippen LogP contribution is -2.38. The smallest absolute Gasteiger partial charge is 0.390 e. The van der Waals surface area contributed by atoms with Gasteiger partial charge in [-0.15, -0.1) is 0 Å². The molecule has 14 heavy (non-hydrogen) atoms. The lowest BCUT2D eigenvalue weighted by Gasteiger charge is -2.09. The largest absolute Gasteiger partial charge is 0.497 e. The second-order valence-electron chi connectivity index (χ2n) is 2.82. The standard InChI is InChI=1S/C7H7F3O3Si/c8-5-1-4(3-14(11,12)13)2-6(9)7(5)10/h1-2,11-13H,3H2. The van der Waals surface area contributed by atoms with Crippen molar-refractivity contribution in [2.75, 3.05) is 0 Å². The molecule has 0 heterocycles. The molecule has 0 aliphatic carbocycles. The van der Waals surface area contributed by atoms with E-state index in [0.29, 0.717) is 12.1 Å². The zero-order valence-electron chi connectivity index (χ0n) is 6.84. The van der Waals surface area contributed by atoms with Crippen LogP contribution in [0.5, 0.6) is 0 Å². The van der Waals surface area contributed by atoms with Crippen LogP contribution in [0.3, 0.4) is 0 Å². The number of hydrogen-bond acceptors (Lipinski definition) is 3. The molecule has 0 aromatic heterocycles. The zero-order valence-corrected chi connectivity index (χ0v) is 7.84. The molecule has 0 saturated carbocycles. The van der Waals surface area contributed by atoms with Crippen LogP contribution in [0.1, 0.15) is 5.56 Å². The van der Waals surface area contributed by atoms with Gasteiger partial charge in [-0.25, -0.2) is 13.2 Å². The molecule has 7 heteroatoms. The molecule has 1 rings (SSSR count). The third-order valence-electron chi connectivity index (χ3n) is 1.48. The van der Waals surface area contributed by atoms with E-state index in [-0.39, 0.29) is 5.56 Å². The van der Waals surface area contributed by atoms with Crippen molar-refractivity contribution in [3.63, 3.8) is 0 Å². The Labute approximate surface area is 78.4 Å². The SMILES string of the molecule is O[Si](O)(O)Cc1cc(F)c(F)c(F)c1. The summed E-state index contributed by atoms with van der Waals surface area (Å²) in [5, 5.41) is 0. The second-order valence-corrected chi connectivity index (χ2v) is 4.73. The van der Waals surface area contributed by atoms with Gasteiger partial charge in [-0.1, -0.05) is 0 Å². The molecule has 0 fully saturated rings. The van der Waals surface area contributed by atoms with E-state index < -0.39 is 32.3 Å². The monoisotopic (exact) mass is 224 g/mol. The highest BCUT2D eigenvalue weighted by Crippen LogP contribution is 2.15. The molecule has 0 atom stereocenters. The Balaban J connectivity index is 3.02. The molecule has 1 aromatic carbocycles. The Morgan fingerprint density at radius 2 is 1.43 bits per heavy atom. The summed E-state index contributed by atoms with van der Waals surface area (Å²) in [5.41, 5.74) is -0.208. The average Bonchev–Trinajstić information content (AvgIpc) is 1.96. The van der Waals surface area contributed by atoms with Crippen LogP contribution in [0.4, 0.5) is 13.2 Å². The summed E-state index contributed by atoms with van der Waals surface area (Å²) in [5.74, 6) is -4.49. The van der Waals surface area contributed by atoms with Crippen LogP contribution < -0.4 is 0 Å². The predicted molar refractivity (Wildman–Crippen MR) is 42.4 cm³/mol. The summed E-state index contributed by atoms with van der Waals surface area (Å²) in [6.07, 6.45) is 0.